The topological polar surface area (TPSA) is 96.7 Å². The zero-order valence-corrected chi connectivity index (χ0v) is 8.30. The standard InChI is InChI=1S/C11H5NO5/c13-7-2-4-1-5-9(11(16)17-10(5)15)12-6(4)3-8(7)14/h1-3,13-14H. The number of carbonyl (C=O) groups excluding carboxylic acids is 2. The number of pyridine rings is 1. The van der Waals surface area contributed by atoms with Gasteiger partial charge in [-0.15, -0.1) is 0 Å². The number of aromatic nitrogens is 1. The van der Waals surface area contributed by atoms with Crippen LogP contribution < -0.4 is 0 Å². The van der Waals surface area contributed by atoms with E-state index in [0.29, 0.717) is 10.9 Å². The number of fused-ring (bicyclic) bond motifs is 2. The highest BCUT2D eigenvalue weighted by molar-refractivity contribution is 6.15. The van der Waals surface area contributed by atoms with E-state index in [4.69, 9.17) is 0 Å². The van der Waals surface area contributed by atoms with Gasteiger partial charge in [-0.1, -0.05) is 0 Å². The third-order valence-electron chi connectivity index (χ3n) is 2.51. The summed E-state index contributed by atoms with van der Waals surface area (Å²) in [5, 5.41) is 19.1. The van der Waals surface area contributed by atoms with Crippen LogP contribution in [-0.4, -0.2) is 27.1 Å². The number of aromatic hydroxyl groups is 2. The summed E-state index contributed by atoms with van der Waals surface area (Å²) < 4.78 is 4.40. The fourth-order valence-electron chi connectivity index (χ4n) is 1.70. The van der Waals surface area contributed by atoms with Crippen molar-refractivity contribution in [3.05, 3.63) is 29.5 Å². The first-order chi connectivity index (χ1) is 8.06. The van der Waals surface area contributed by atoms with Crippen LogP contribution in [0.1, 0.15) is 20.8 Å². The van der Waals surface area contributed by atoms with Gasteiger partial charge in [0.25, 0.3) is 0 Å². The smallest absolute Gasteiger partial charge is 0.365 e. The van der Waals surface area contributed by atoms with Crippen molar-refractivity contribution in [3.8, 4) is 11.5 Å². The third-order valence-corrected chi connectivity index (χ3v) is 2.51. The predicted octanol–water partition coefficient (Wildman–Crippen LogP) is 0.957. The molecule has 1 aromatic carbocycles. The Labute approximate surface area is 94.1 Å². The maximum absolute atomic E-state index is 11.3. The molecule has 1 aliphatic rings. The van der Waals surface area contributed by atoms with Crippen molar-refractivity contribution in [1.29, 1.82) is 0 Å². The van der Waals surface area contributed by atoms with Gasteiger partial charge in [-0.2, -0.15) is 0 Å². The number of nitrogens with zero attached hydrogens (tertiary/aromatic N) is 1. The van der Waals surface area contributed by atoms with Crippen LogP contribution in [0.3, 0.4) is 0 Å². The largest absolute Gasteiger partial charge is 0.504 e. The van der Waals surface area contributed by atoms with Crippen molar-refractivity contribution in [2.45, 2.75) is 0 Å². The lowest BCUT2D eigenvalue weighted by atomic mass is 10.1. The second-order valence-electron chi connectivity index (χ2n) is 3.60. The number of benzene rings is 1. The van der Waals surface area contributed by atoms with E-state index in [1.165, 1.54) is 18.2 Å². The van der Waals surface area contributed by atoms with Gasteiger partial charge in [0, 0.05) is 11.5 Å². The molecule has 0 fully saturated rings. The molecule has 17 heavy (non-hydrogen) atoms. The normalized spacial score (nSPS) is 13.9. The summed E-state index contributed by atoms with van der Waals surface area (Å²) >= 11 is 0. The molecular weight excluding hydrogens is 226 g/mol. The molecule has 2 N–H and O–H groups in total. The Morgan fingerprint density at radius 1 is 1.00 bits per heavy atom. The van der Waals surface area contributed by atoms with E-state index in [1.807, 2.05) is 0 Å². The fourth-order valence-corrected chi connectivity index (χ4v) is 1.70. The molecule has 0 bridgehead atoms. The van der Waals surface area contributed by atoms with E-state index in [-0.39, 0.29) is 22.8 Å². The molecule has 2 aromatic rings. The molecule has 3 rings (SSSR count). The van der Waals surface area contributed by atoms with Crippen molar-refractivity contribution in [2.75, 3.05) is 0 Å². The first-order valence-corrected chi connectivity index (χ1v) is 4.69. The Balaban J connectivity index is 2.39. The van der Waals surface area contributed by atoms with Gasteiger partial charge in [0.05, 0.1) is 11.1 Å². The van der Waals surface area contributed by atoms with Gasteiger partial charge in [-0.3, -0.25) is 0 Å². The number of cyclic esters (lactones) is 2. The average molecular weight is 231 g/mol. The monoisotopic (exact) mass is 231 g/mol. The van der Waals surface area contributed by atoms with Crippen LogP contribution >= 0.6 is 0 Å². The number of phenols is 2. The van der Waals surface area contributed by atoms with Gasteiger partial charge >= 0.3 is 11.9 Å². The minimum atomic E-state index is -0.806. The number of esters is 2. The number of hydrogen-bond acceptors (Lipinski definition) is 6. The van der Waals surface area contributed by atoms with Gasteiger partial charge in [0.2, 0.25) is 0 Å². The Morgan fingerprint density at radius 2 is 1.71 bits per heavy atom. The van der Waals surface area contributed by atoms with E-state index in [9.17, 15) is 19.8 Å². The van der Waals surface area contributed by atoms with Gasteiger partial charge in [0.1, 0.15) is 0 Å². The van der Waals surface area contributed by atoms with Gasteiger partial charge in [-0.05, 0) is 12.1 Å². The minimum Gasteiger partial charge on any atom is -0.504 e. The van der Waals surface area contributed by atoms with Gasteiger partial charge in [0.15, 0.2) is 17.2 Å². The zero-order chi connectivity index (χ0) is 12.2. The van der Waals surface area contributed by atoms with Crippen molar-refractivity contribution in [3.63, 3.8) is 0 Å². The van der Waals surface area contributed by atoms with Crippen molar-refractivity contribution in [1.82, 2.24) is 4.98 Å². The maximum Gasteiger partial charge on any atom is 0.365 e. The number of carbonyl (C=O) groups is 2. The number of rotatable bonds is 0. The van der Waals surface area contributed by atoms with Crippen LogP contribution in [0.2, 0.25) is 0 Å². The quantitative estimate of drug-likeness (QED) is 0.398. The zero-order valence-electron chi connectivity index (χ0n) is 8.30. The molecule has 0 aliphatic carbocycles. The van der Waals surface area contributed by atoms with Crippen LogP contribution in [-0.2, 0) is 4.74 Å². The highest BCUT2D eigenvalue weighted by Gasteiger charge is 2.31. The van der Waals surface area contributed by atoms with E-state index >= 15 is 0 Å². The fraction of sp³-hybridized carbons (Fsp3) is 0. The summed E-state index contributed by atoms with van der Waals surface area (Å²) in [7, 11) is 0. The summed E-state index contributed by atoms with van der Waals surface area (Å²) in [5.41, 5.74) is 0.283. The third kappa shape index (κ3) is 1.24. The number of phenolic OH excluding ortho intramolecular Hbond substituents is 2. The Bertz CT molecular complexity index is 633. The van der Waals surface area contributed by atoms with E-state index in [2.05, 4.69) is 9.72 Å². The summed E-state index contributed by atoms with van der Waals surface area (Å²) in [6, 6.07) is 3.86. The van der Waals surface area contributed by atoms with Crippen molar-refractivity contribution >= 4 is 22.8 Å². The minimum absolute atomic E-state index is 0.0626. The molecule has 6 nitrogen and oxygen atoms in total. The molecule has 0 spiro atoms. The number of hydrogen-bond donors (Lipinski definition) is 2. The van der Waals surface area contributed by atoms with Crippen molar-refractivity contribution in [2.24, 2.45) is 0 Å². The molecule has 1 aromatic heterocycles. The van der Waals surface area contributed by atoms with E-state index in [1.54, 1.807) is 0 Å². The lowest BCUT2D eigenvalue weighted by Crippen LogP contribution is -1.98. The first kappa shape index (κ1) is 9.59. The lowest BCUT2D eigenvalue weighted by Gasteiger charge is -2.02. The highest BCUT2D eigenvalue weighted by atomic mass is 16.6. The summed E-state index contributed by atoms with van der Waals surface area (Å²) in [4.78, 5) is 26.5. The summed E-state index contributed by atoms with van der Waals surface area (Å²) in [6.45, 7) is 0. The van der Waals surface area contributed by atoms with Crippen LogP contribution in [0.5, 0.6) is 11.5 Å². The second kappa shape index (κ2) is 2.94. The van der Waals surface area contributed by atoms with Crippen molar-refractivity contribution < 1.29 is 24.5 Å². The predicted molar refractivity (Wildman–Crippen MR) is 54.8 cm³/mol. The molecule has 84 valence electrons. The summed E-state index contributed by atoms with van der Waals surface area (Å²) in [5.74, 6) is -2.23. The van der Waals surface area contributed by atoms with Crippen LogP contribution in [0.15, 0.2) is 18.2 Å². The molecule has 0 atom stereocenters. The molecule has 6 heteroatoms. The van der Waals surface area contributed by atoms with E-state index in [0.717, 1.165) is 0 Å². The molecule has 0 radical (unpaired) electrons. The van der Waals surface area contributed by atoms with Gasteiger partial charge < -0.3 is 14.9 Å². The lowest BCUT2D eigenvalue weighted by molar-refractivity contribution is 0.0441. The van der Waals surface area contributed by atoms with E-state index < -0.39 is 11.9 Å². The first-order valence-electron chi connectivity index (χ1n) is 4.69. The summed E-state index contributed by atoms with van der Waals surface area (Å²) in [6.07, 6.45) is 0. The SMILES string of the molecule is O=C1OC(=O)c2nc3cc(O)c(O)cc3cc21. The highest BCUT2D eigenvalue weighted by Crippen LogP contribution is 2.31. The Morgan fingerprint density at radius 3 is 2.47 bits per heavy atom. The molecule has 2 heterocycles. The maximum atomic E-state index is 11.3. The van der Waals surface area contributed by atoms with Gasteiger partial charge in [-0.25, -0.2) is 14.6 Å². The average Bonchev–Trinajstić information content (AvgIpc) is 2.54. The second-order valence-corrected chi connectivity index (χ2v) is 3.60. The molecule has 1 aliphatic heterocycles. The molecule has 0 saturated carbocycles. The van der Waals surface area contributed by atoms with Crippen LogP contribution in [0.25, 0.3) is 10.9 Å². The Hall–Kier alpha value is -2.63. The number of ether oxygens (including phenoxy) is 1. The molecule has 0 unspecified atom stereocenters. The molecule has 0 amide bonds. The molecule has 0 saturated heterocycles. The Kier molecular flexibility index (Phi) is 1.66. The van der Waals surface area contributed by atoms with Crippen LogP contribution in [0.4, 0.5) is 0 Å². The molecular formula is C11H5NO5. The van der Waals surface area contributed by atoms with Crippen LogP contribution in [0, 0.1) is 0 Å².